The first-order valence-electron chi connectivity index (χ1n) is 15.9. The van der Waals surface area contributed by atoms with E-state index in [9.17, 15) is 0 Å². The molecule has 5 heterocycles. The highest BCUT2D eigenvalue weighted by Crippen LogP contribution is 2.48. The van der Waals surface area contributed by atoms with Crippen LogP contribution in [-0.4, -0.2) is 18.9 Å². The number of hydrogen-bond acceptors (Lipinski definition) is 3. The molecule has 0 bridgehead atoms. The van der Waals surface area contributed by atoms with Crippen molar-refractivity contribution in [1.29, 1.82) is 0 Å². The van der Waals surface area contributed by atoms with Crippen molar-refractivity contribution in [2.24, 2.45) is 0 Å². The fraction of sp³-hybridized carbons (Fsp3) is 0. The van der Waals surface area contributed by atoms with Gasteiger partial charge in [0.1, 0.15) is 16.8 Å². The monoisotopic (exact) mass is 598 g/mol. The fourth-order valence-corrected chi connectivity index (χ4v) is 8.34. The molecule has 47 heavy (non-hydrogen) atoms. The van der Waals surface area contributed by atoms with Crippen molar-refractivity contribution in [3.8, 4) is 17.1 Å². The SMILES string of the molecule is c1ccc(-c2nc3oc4ccccc4c3nc2-n2c3ccc4cccc5c4c3c3c4c(ccc6c7ccccc7n5c64)ccc32)cc1. The van der Waals surface area contributed by atoms with Gasteiger partial charge in [-0.3, -0.25) is 4.57 Å². The number of benzene rings is 7. The molecular formula is C42H22N4O. The quantitative estimate of drug-likeness (QED) is 0.199. The Hall–Kier alpha value is -6.46. The number of rotatable bonds is 2. The van der Waals surface area contributed by atoms with E-state index in [4.69, 9.17) is 14.4 Å². The number of aromatic nitrogens is 4. The number of fused-ring (bicyclic) bond motifs is 7. The van der Waals surface area contributed by atoms with Gasteiger partial charge in [0, 0.05) is 43.3 Å². The Kier molecular flexibility index (Phi) is 4.17. The molecule has 0 aliphatic heterocycles. The molecule has 0 spiro atoms. The molecule has 5 aromatic heterocycles. The lowest BCUT2D eigenvalue weighted by Crippen LogP contribution is -2.03. The van der Waals surface area contributed by atoms with Gasteiger partial charge in [-0.2, -0.15) is 0 Å². The maximum Gasteiger partial charge on any atom is 0.247 e. The fourth-order valence-electron chi connectivity index (χ4n) is 8.34. The van der Waals surface area contributed by atoms with Crippen molar-refractivity contribution in [3.05, 3.63) is 133 Å². The molecule has 0 saturated heterocycles. The molecular weight excluding hydrogens is 576 g/mol. The van der Waals surface area contributed by atoms with E-state index >= 15 is 0 Å². The smallest absolute Gasteiger partial charge is 0.247 e. The summed E-state index contributed by atoms with van der Waals surface area (Å²) in [5.74, 6) is 0.791. The summed E-state index contributed by atoms with van der Waals surface area (Å²) in [6, 6.07) is 47.5. The highest BCUT2D eigenvalue weighted by molar-refractivity contribution is 6.37. The minimum absolute atomic E-state index is 0.542. The summed E-state index contributed by atoms with van der Waals surface area (Å²) < 4.78 is 11.1. The third-order valence-corrected chi connectivity index (χ3v) is 10.2. The maximum absolute atomic E-state index is 6.27. The van der Waals surface area contributed by atoms with Gasteiger partial charge >= 0.3 is 0 Å². The Bertz CT molecular complexity index is 3240. The van der Waals surface area contributed by atoms with Crippen LogP contribution in [0, 0.1) is 0 Å². The van der Waals surface area contributed by atoms with Gasteiger partial charge in [-0.15, -0.1) is 0 Å². The first kappa shape index (κ1) is 23.9. The molecule has 216 valence electrons. The van der Waals surface area contributed by atoms with Crippen molar-refractivity contribution < 1.29 is 4.42 Å². The van der Waals surface area contributed by atoms with Crippen LogP contribution in [0.1, 0.15) is 0 Å². The first-order chi connectivity index (χ1) is 23.3. The van der Waals surface area contributed by atoms with E-state index in [2.05, 4.69) is 118 Å². The van der Waals surface area contributed by atoms with Gasteiger partial charge in [0.15, 0.2) is 5.82 Å². The van der Waals surface area contributed by atoms with Crippen LogP contribution in [0.25, 0.3) is 110 Å². The summed E-state index contributed by atoms with van der Waals surface area (Å²) in [7, 11) is 0. The van der Waals surface area contributed by atoms with Gasteiger partial charge in [-0.05, 0) is 47.2 Å². The molecule has 0 unspecified atom stereocenters. The zero-order chi connectivity index (χ0) is 30.4. The third kappa shape index (κ3) is 2.82. The number of hydrogen-bond donors (Lipinski definition) is 0. The van der Waals surface area contributed by atoms with Crippen molar-refractivity contribution in [2.45, 2.75) is 0 Å². The lowest BCUT2D eigenvalue weighted by molar-refractivity contribution is 0.653. The second-order valence-corrected chi connectivity index (χ2v) is 12.6. The Morgan fingerprint density at radius 3 is 2.04 bits per heavy atom. The highest BCUT2D eigenvalue weighted by atomic mass is 16.3. The van der Waals surface area contributed by atoms with Crippen LogP contribution >= 0.6 is 0 Å². The third-order valence-electron chi connectivity index (χ3n) is 10.2. The molecule has 7 aromatic carbocycles. The predicted octanol–water partition coefficient (Wildman–Crippen LogP) is 10.9. The van der Waals surface area contributed by atoms with Crippen LogP contribution in [0.5, 0.6) is 0 Å². The first-order valence-corrected chi connectivity index (χ1v) is 15.9. The lowest BCUT2D eigenvalue weighted by Gasteiger charge is -2.13. The summed E-state index contributed by atoms with van der Waals surface area (Å²) in [6.45, 7) is 0. The zero-order valence-electron chi connectivity index (χ0n) is 24.9. The standard InChI is InChI=1S/C42H22N4O/c1-2-9-25(10-3-1)38-41(43-39-28-13-5-7-16-33(28)47-42(39)44-38)46-31-21-18-23-11-8-15-30-34(23)36(31)37-32(46)22-19-24-17-20-27-26-12-4-6-14-29(26)45(30)40(27)35(24)37/h1-22H. The Labute approximate surface area is 266 Å². The molecule has 12 rings (SSSR count). The summed E-state index contributed by atoms with van der Waals surface area (Å²) in [5, 5.41) is 11.0. The van der Waals surface area contributed by atoms with Gasteiger partial charge in [0.2, 0.25) is 5.71 Å². The molecule has 0 N–H and O–H groups in total. The van der Waals surface area contributed by atoms with Crippen molar-refractivity contribution in [2.75, 3.05) is 0 Å². The van der Waals surface area contributed by atoms with Gasteiger partial charge in [-0.25, -0.2) is 9.97 Å². The maximum atomic E-state index is 6.27. The summed E-state index contributed by atoms with van der Waals surface area (Å²) >= 11 is 0. The minimum atomic E-state index is 0.542. The zero-order valence-corrected chi connectivity index (χ0v) is 24.9. The van der Waals surface area contributed by atoms with Crippen LogP contribution in [0.3, 0.4) is 0 Å². The Morgan fingerprint density at radius 2 is 1.17 bits per heavy atom. The summed E-state index contributed by atoms with van der Waals surface area (Å²) in [5.41, 5.74) is 9.77. The summed E-state index contributed by atoms with van der Waals surface area (Å²) in [6.07, 6.45) is 0. The van der Waals surface area contributed by atoms with Gasteiger partial charge in [0.25, 0.3) is 0 Å². The molecule has 0 fully saturated rings. The molecule has 0 radical (unpaired) electrons. The number of nitrogens with zero attached hydrogens (tertiary/aromatic N) is 4. The van der Waals surface area contributed by atoms with Crippen LogP contribution in [0.2, 0.25) is 0 Å². The molecule has 0 aliphatic carbocycles. The molecule has 5 heteroatoms. The molecule has 0 aliphatic rings. The minimum Gasteiger partial charge on any atom is -0.436 e. The van der Waals surface area contributed by atoms with E-state index in [-0.39, 0.29) is 0 Å². The van der Waals surface area contributed by atoms with Gasteiger partial charge in [0.05, 0.1) is 27.6 Å². The van der Waals surface area contributed by atoms with Crippen LogP contribution in [0.15, 0.2) is 138 Å². The second kappa shape index (κ2) is 8.22. The molecule has 0 amide bonds. The molecule has 0 saturated carbocycles. The van der Waals surface area contributed by atoms with E-state index in [0.29, 0.717) is 5.71 Å². The van der Waals surface area contributed by atoms with E-state index in [0.717, 1.165) is 44.6 Å². The molecule has 0 atom stereocenters. The van der Waals surface area contributed by atoms with E-state index in [1.165, 1.54) is 59.6 Å². The Balaban J connectivity index is 1.37. The van der Waals surface area contributed by atoms with Gasteiger partial charge in [-0.1, -0.05) is 97.1 Å². The second-order valence-electron chi connectivity index (χ2n) is 12.6. The largest absolute Gasteiger partial charge is 0.436 e. The number of para-hydroxylation sites is 2. The summed E-state index contributed by atoms with van der Waals surface area (Å²) in [4.78, 5) is 10.7. The lowest BCUT2D eigenvalue weighted by atomic mass is 9.98. The van der Waals surface area contributed by atoms with Crippen LogP contribution in [-0.2, 0) is 0 Å². The van der Waals surface area contributed by atoms with Crippen LogP contribution < -0.4 is 0 Å². The average Bonchev–Trinajstić information content (AvgIpc) is 3.75. The van der Waals surface area contributed by atoms with Gasteiger partial charge < -0.3 is 8.82 Å². The highest BCUT2D eigenvalue weighted by Gasteiger charge is 2.27. The van der Waals surface area contributed by atoms with E-state index in [1.54, 1.807) is 0 Å². The van der Waals surface area contributed by atoms with Crippen molar-refractivity contribution in [1.82, 2.24) is 18.9 Å². The Morgan fingerprint density at radius 1 is 0.468 bits per heavy atom. The van der Waals surface area contributed by atoms with E-state index in [1.807, 2.05) is 24.3 Å². The van der Waals surface area contributed by atoms with Crippen molar-refractivity contribution >= 4 is 92.9 Å². The number of furan rings is 1. The normalized spacial score (nSPS) is 12.7. The predicted molar refractivity (Wildman–Crippen MR) is 192 cm³/mol. The topological polar surface area (TPSA) is 48.3 Å². The average molecular weight is 599 g/mol. The van der Waals surface area contributed by atoms with E-state index < -0.39 is 0 Å². The van der Waals surface area contributed by atoms with Crippen molar-refractivity contribution in [3.63, 3.8) is 0 Å². The molecule has 12 aromatic rings. The molecule has 5 nitrogen and oxygen atoms in total. The van der Waals surface area contributed by atoms with Crippen LogP contribution in [0.4, 0.5) is 0 Å².